The maximum Gasteiger partial charge on any atom is 0.266 e. The van der Waals surface area contributed by atoms with Crippen LogP contribution < -0.4 is 0 Å². The van der Waals surface area contributed by atoms with Crippen molar-refractivity contribution in [1.29, 1.82) is 0 Å². The molecule has 1 aromatic heterocycles. The predicted octanol–water partition coefficient (Wildman–Crippen LogP) is 4.48. The minimum Gasteiger partial charge on any atom is -0.259 e. The summed E-state index contributed by atoms with van der Waals surface area (Å²) < 4.78 is 0.906. The summed E-state index contributed by atoms with van der Waals surface area (Å²) in [6.45, 7) is 4.00. The minimum absolute atomic E-state index is 0.0218. The average Bonchev–Trinajstić information content (AvgIpc) is 2.86. The molecule has 21 heavy (non-hydrogen) atoms. The zero-order valence-corrected chi connectivity index (χ0v) is 13.1. The van der Waals surface area contributed by atoms with E-state index in [1.807, 2.05) is 31.4 Å². The van der Waals surface area contributed by atoms with Crippen molar-refractivity contribution >= 4 is 23.1 Å². The molecule has 1 aromatic rings. The van der Waals surface area contributed by atoms with E-state index < -0.39 is 9.85 Å². The maximum absolute atomic E-state index is 11.0. The molecule has 0 aromatic carbocycles. The van der Waals surface area contributed by atoms with E-state index >= 15 is 0 Å². The fraction of sp³-hybridized carbons (Fsp3) is 0.231. The number of hydrogen-bond acceptors (Lipinski definition) is 6. The van der Waals surface area contributed by atoms with Gasteiger partial charge in [0.1, 0.15) is 0 Å². The fourth-order valence-corrected chi connectivity index (χ4v) is 3.30. The third-order valence-electron chi connectivity index (χ3n) is 2.33. The second-order valence-electron chi connectivity index (χ2n) is 3.53. The second kappa shape index (κ2) is 8.38. The molecule has 0 radical (unpaired) electrons. The smallest absolute Gasteiger partial charge is 0.259 e. The zero-order chi connectivity index (χ0) is 15.8. The molecule has 0 bridgehead atoms. The van der Waals surface area contributed by atoms with E-state index in [9.17, 15) is 20.2 Å². The molecule has 0 atom stereocenters. The molecule has 1 aliphatic rings. The second-order valence-corrected chi connectivity index (χ2v) is 5.82. The van der Waals surface area contributed by atoms with Crippen molar-refractivity contribution in [2.45, 2.75) is 24.5 Å². The van der Waals surface area contributed by atoms with Crippen LogP contribution in [0.25, 0.3) is 0 Å². The topological polar surface area (TPSA) is 86.3 Å². The first-order valence-electron chi connectivity index (χ1n) is 6.19. The Morgan fingerprint density at radius 1 is 1.19 bits per heavy atom. The standard InChI is InChI=1S/C11H8N2O4S2.C2H6/c14-12(15)8-3-5-9(13(16)17)10(6-4-8)19-11-2-1-7-18-11;1-2/h1-4,6-7H,5H2;1-2H3. The van der Waals surface area contributed by atoms with Crippen LogP contribution >= 0.6 is 23.1 Å². The molecule has 6 nitrogen and oxygen atoms in total. The molecular weight excluding hydrogens is 312 g/mol. The summed E-state index contributed by atoms with van der Waals surface area (Å²) in [5.41, 5.74) is -0.146. The lowest BCUT2D eigenvalue weighted by molar-refractivity contribution is -0.428. The van der Waals surface area contributed by atoms with Crippen LogP contribution in [0.15, 0.2) is 56.2 Å². The van der Waals surface area contributed by atoms with Crippen molar-refractivity contribution in [2.24, 2.45) is 0 Å². The van der Waals surface area contributed by atoms with Crippen molar-refractivity contribution in [3.8, 4) is 0 Å². The Labute approximate surface area is 130 Å². The van der Waals surface area contributed by atoms with Gasteiger partial charge >= 0.3 is 0 Å². The lowest BCUT2D eigenvalue weighted by atomic mass is 10.3. The highest BCUT2D eigenvalue weighted by Crippen LogP contribution is 2.35. The highest BCUT2D eigenvalue weighted by atomic mass is 32.2. The van der Waals surface area contributed by atoms with Crippen LogP contribution in [0.2, 0.25) is 0 Å². The van der Waals surface area contributed by atoms with Gasteiger partial charge in [-0.25, -0.2) is 0 Å². The van der Waals surface area contributed by atoms with Gasteiger partial charge in [0.05, 0.1) is 25.4 Å². The molecule has 0 N–H and O–H groups in total. The summed E-state index contributed by atoms with van der Waals surface area (Å²) in [6, 6.07) is 3.70. The van der Waals surface area contributed by atoms with Gasteiger partial charge in [-0.3, -0.25) is 20.2 Å². The quantitative estimate of drug-likeness (QED) is 0.601. The Balaban J connectivity index is 0.00000106. The van der Waals surface area contributed by atoms with Crippen LogP contribution in [-0.2, 0) is 0 Å². The van der Waals surface area contributed by atoms with E-state index in [0.717, 1.165) is 4.21 Å². The Morgan fingerprint density at radius 3 is 2.43 bits per heavy atom. The number of allylic oxidation sites excluding steroid dienone is 3. The summed E-state index contributed by atoms with van der Waals surface area (Å²) in [7, 11) is 0. The van der Waals surface area contributed by atoms with Crippen molar-refractivity contribution in [3.63, 3.8) is 0 Å². The van der Waals surface area contributed by atoms with E-state index in [1.165, 1.54) is 41.3 Å². The third kappa shape index (κ3) is 4.83. The van der Waals surface area contributed by atoms with Gasteiger partial charge in [0.25, 0.3) is 11.4 Å². The Bertz CT molecular complexity index is 604. The van der Waals surface area contributed by atoms with Gasteiger partial charge in [-0.1, -0.05) is 31.7 Å². The molecular formula is C13H14N2O4S2. The molecule has 0 unspecified atom stereocenters. The Hall–Kier alpha value is -1.93. The molecule has 1 heterocycles. The fourth-order valence-electron chi connectivity index (χ4n) is 1.45. The molecule has 0 saturated heterocycles. The molecule has 112 valence electrons. The summed E-state index contributed by atoms with van der Waals surface area (Å²) >= 11 is 2.71. The van der Waals surface area contributed by atoms with E-state index in [2.05, 4.69) is 0 Å². The van der Waals surface area contributed by atoms with Crippen molar-refractivity contribution < 1.29 is 9.85 Å². The SMILES string of the molecule is CC.O=[N+]([O-])C1=CCC([N+](=O)[O-])=C(Sc2cccs2)C=C1. The van der Waals surface area contributed by atoms with Gasteiger partial charge in [-0.05, 0) is 17.5 Å². The number of thioether (sulfide) groups is 1. The lowest BCUT2D eigenvalue weighted by Gasteiger charge is -2.00. The summed E-state index contributed by atoms with van der Waals surface area (Å²) in [4.78, 5) is 21.1. The predicted molar refractivity (Wildman–Crippen MR) is 84.4 cm³/mol. The number of rotatable bonds is 4. The molecule has 0 aliphatic heterocycles. The van der Waals surface area contributed by atoms with Crippen LogP contribution in [0.4, 0.5) is 0 Å². The third-order valence-corrected chi connectivity index (χ3v) is 4.46. The van der Waals surface area contributed by atoms with Gasteiger partial charge in [0.2, 0.25) is 0 Å². The van der Waals surface area contributed by atoms with Crippen LogP contribution in [0.3, 0.4) is 0 Å². The molecule has 1 aliphatic carbocycles. The molecule has 0 fully saturated rings. The van der Waals surface area contributed by atoms with E-state index in [1.54, 1.807) is 0 Å². The Morgan fingerprint density at radius 2 is 1.90 bits per heavy atom. The van der Waals surface area contributed by atoms with Crippen molar-refractivity contribution in [3.05, 3.63) is 72.3 Å². The van der Waals surface area contributed by atoms with E-state index in [-0.39, 0.29) is 17.8 Å². The van der Waals surface area contributed by atoms with Crippen LogP contribution in [-0.4, -0.2) is 9.85 Å². The molecule has 0 saturated carbocycles. The van der Waals surface area contributed by atoms with Crippen LogP contribution in [0.1, 0.15) is 20.3 Å². The van der Waals surface area contributed by atoms with Gasteiger partial charge in [0, 0.05) is 12.2 Å². The van der Waals surface area contributed by atoms with Crippen molar-refractivity contribution in [1.82, 2.24) is 0 Å². The first kappa shape index (κ1) is 17.1. The molecule has 8 heteroatoms. The van der Waals surface area contributed by atoms with Crippen molar-refractivity contribution in [2.75, 3.05) is 0 Å². The highest BCUT2D eigenvalue weighted by Gasteiger charge is 2.22. The molecule has 2 rings (SSSR count). The highest BCUT2D eigenvalue weighted by molar-refractivity contribution is 8.05. The molecule has 0 spiro atoms. The van der Waals surface area contributed by atoms with Crippen LogP contribution in [0, 0.1) is 20.2 Å². The lowest BCUT2D eigenvalue weighted by Crippen LogP contribution is -2.00. The summed E-state index contributed by atoms with van der Waals surface area (Å²) in [5, 5.41) is 23.6. The number of thiophene rings is 1. The summed E-state index contributed by atoms with van der Waals surface area (Å²) in [5.74, 6) is 0. The van der Waals surface area contributed by atoms with Gasteiger partial charge in [0.15, 0.2) is 0 Å². The normalized spacial score (nSPS) is 13.9. The maximum atomic E-state index is 11.0. The summed E-state index contributed by atoms with van der Waals surface area (Å²) in [6.07, 6.45) is 3.94. The number of nitro groups is 2. The van der Waals surface area contributed by atoms with Crippen LogP contribution in [0.5, 0.6) is 0 Å². The van der Waals surface area contributed by atoms with Gasteiger partial charge < -0.3 is 0 Å². The zero-order valence-electron chi connectivity index (χ0n) is 11.5. The van der Waals surface area contributed by atoms with Gasteiger partial charge in [-0.15, -0.1) is 11.3 Å². The van der Waals surface area contributed by atoms with E-state index in [4.69, 9.17) is 0 Å². The largest absolute Gasteiger partial charge is 0.266 e. The first-order valence-corrected chi connectivity index (χ1v) is 7.89. The first-order chi connectivity index (χ1) is 10.1. The monoisotopic (exact) mass is 326 g/mol. The number of hydrogen-bond donors (Lipinski definition) is 0. The average molecular weight is 326 g/mol. The van der Waals surface area contributed by atoms with E-state index in [0.29, 0.717) is 4.91 Å². The van der Waals surface area contributed by atoms with Gasteiger partial charge in [-0.2, -0.15) is 0 Å². The minimum atomic E-state index is -0.549. The Kier molecular flexibility index (Phi) is 6.83. The molecule has 0 amide bonds. The number of nitrogens with zero attached hydrogens (tertiary/aromatic N) is 2.